The van der Waals surface area contributed by atoms with Gasteiger partial charge in [0.15, 0.2) is 0 Å². The summed E-state index contributed by atoms with van der Waals surface area (Å²) in [5.74, 6) is 0.504. The molecule has 5 amide bonds. The summed E-state index contributed by atoms with van der Waals surface area (Å²) in [6.07, 6.45) is -5.41. The van der Waals surface area contributed by atoms with Crippen molar-refractivity contribution in [2.45, 2.75) is 162 Å². The highest BCUT2D eigenvalue weighted by atomic mass is 32.1. The van der Waals surface area contributed by atoms with Gasteiger partial charge in [-0.05, 0) is 161 Å². The summed E-state index contributed by atoms with van der Waals surface area (Å²) in [4.78, 5) is 91.9. The quantitative estimate of drug-likeness (QED) is 0.0115. The second-order valence-electron chi connectivity index (χ2n) is 26.4. The van der Waals surface area contributed by atoms with Crippen LogP contribution in [0, 0.1) is 17.8 Å². The Labute approximate surface area is 638 Å². The summed E-state index contributed by atoms with van der Waals surface area (Å²) in [6, 6.07) is 23.4. The van der Waals surface area contributed by atoms with Gasteiger partial charge in [-0.25, -0.2) is 35.2 Å². The number of nitrogens with zero attached hydrogens (tertiary/aromatic N) is 8. The molecule has 0 aliphatic rings. The molecule has 0 saturated carbocycles. The molecule has 0 aliphatic heterocycles. The smallest absolute Gasteiger partial charge is 0.433 e. The zero-order valence-corrected chi connectivity index (χ0v) is 60.2. The predicted molar refractivity (Wildman–Crippen MR) is 392 cm³/mol. The number of hydrogen-bond donors (Lipinski definition) is 8. The number of benzene rings is 3. The number of fused-ring (bicyclic) bond motifs is 3. The number of alkyl halides is 9. The lowest BCUT2D eigenvalue weighted by molar-refractivity contribution is -0.142. The maximum atomic E-state index is 13.4. The highest BCUT2D eigenvalue weighted by molar-refractivity contribution is 7.14. The molecule has 10 aromatic rings. The van der Waals surface area contributed by atoms with E-state index >= 15 is 0 Å². The van der Waals surface area contributed by atoms with E-state index in [1.807, 2.05) is 23.6 Å². The van der Waals surface area contributed by atoms with Crippen molar-refractivity contribution in [3.8, 4) is 10.6 Å². The Kier molecular flexibility index (Phi) is 32.8. The molecule has 10 rings (SSSR count). The first-order valence-corrected chi connectivity index (χ1v) is 34.0. The first kappa shape index (κ1) is 91.0. The van der Waals surface area contributed by atoms with E-state index in [0.717, 1.165) is 62.3 Å². The standard InChI is InChI=1S/C26H27F4N5O4.C21H17F4N5S.C16H23F3N4O3.C10H6FNO2.2CH4/c1-25(2,3)39-24(38)33-19(10-15-4-8-20(31-13-15)26(28,29)30)7-9-22(36)34-35-23(37)16-5-6-17-14-32-21(27)12-18(17)11-16;22-18-9-15-8-13(2-3-14(15)11-28-18)20-30-29-19(31-20)6-4-16(26)7-12-1-5-17(27-10-12)21(23,24)25;1-15(2,3)26-14(25)22-11(5-7-13(24)23-20)8-10-4-6-12(21-9-10)16(17,18)19;11-9-4-8-3-6(10(13)14)1-2-7(8)5-12-9;;/h4-6,8,11-14,19H,7,9-10H2,1-3H3,(H,33,38)(H,34,36)(H,35,37);1-3,5,8-11,16H,4,6-7,26H2;4,6,9,11H,5,7-8,20H2,1-3H3,(H,22,25)(H,23,24);1-5H,(H,13,14);2*1H4/t19-;16-;11-;;;/m111.../s1. The van der Waals surface area contributed by atoms with Gasteiger partial charge in [0.1, 0.15) is 38.3 Å². The third kappa shape index (κ3) is 30.3. The van der Waals surface area contributed by atoms with E-state index in [4.69, 9.17) is 26.2 Å². The molecular formula is C75H81F12N15O9S. The molecule has 10 N–H and O–H groups in total. The van der Waals surface area contributed by atoms with Crippen molar-refractivity contribution in [3.63, 3.8) is 0 Å². The molecule has 7 heterocycles. The van der Waals surface area contributed by atoms with E-state index in [0.29, 0.717) is 52.1 Å². The zero-order chi connectivity index (χ0) is 80.9. The van der Waals surface area contributed by atoms with Crippen LogP contribution in [0.15, 0.2) is 146 Å². The Bertz CT molecular complexity index is 4820. The minimum atomic E-state index is -4.59. The molecule has 24 nitrogen and oxygen atoms in total. The maximum Gasteiger partial charge on any atom is 0.433 e. The monoisotopic (exact) mass is 1600 g/mol. The van der Waals surface area contributed by atoms with Crippen LogP contribution >= 0.6 is 11.3 Å². The Hall–Kier alpha value is -11.6. The molecule has 600 valence electrons. The van der Waals surface area contributed by atoms with Gasteiger partial charge in [-0.3, -0.25) is 45.6 Å². The number of carboxylic acid groups (broad SMARTS) is 1. The number of nitrogens with one attached hydrogen (secondary N) is 5. The van der Waals surface area contributed by atoms with Crippen molar-refractivity contribution in [2.75, 3.05) is 0 Å². The Morgan fingerprint density at radius 1 is 0.473 bits per heavy atom. The number of carbonyl (C=O) groups excluding carboxylic acids is 5. The lowest BCUT2D eigenvalue weighted by Crippen LogP contribution is -2.43. The Morgan fingerprint density at radius 2 is 0.875 bits per heavy atom. The number of nitrogens with two attached hydrogens (primary N) is 2. The van der Waals surface area contributed by atoms with Crippen LogP contribution in [0.1, 0.15) is 148 Å². The minimum Gasteiger partial charge on any atom is -0.478 e. The van der Waals surface area contributed by atoms with Crippen molar-refractivity contribution < 1.29 is 96.0 Å². The summed E-state index contributed by atoms with van der Waals surface area (Å²) in [5, 5.41) is 27.8. The lowest BCUT2D eigenvalue weighted by Gasteiger charge is -2.24. The number of ether oxygens (including phenoxy) is 2. The van der Waals surface area contributed by atoms with Crippen LogP contribution in [0.3, 0.4) is 0 Å². The number of alkyl carbamates (subject to hydrolysis) is 2. The van der Waals surface area contributed by atoms with Crippen molar-refractivity contribution in [1.29, 1.82) is 0 Å². The first-order valence-electron chi connectivity index (χ1n) is 33.2. The van der Waals surface area contributed by atoms with E-state index in [9.17, 15) is 81.5 Å². The van der Waals surface area contributed by atoms with Gasteiger partial charge in [0, 0.05) is 120 Å². The van der Waals surface area contributed by atoms with Gasteiger partial charge >= 0.3 is 36.7 Å². The summed E-state index contributed by atoms with van der Waals surface area (Å²) >= 11 is 1.43. The fourth-order valence-electron chi connectivity index (χ4n) is 9.99. The number of pyridine rings is 6. The highest BCUT2D eigenvalue weighted by Crippen LogP contribution is 2.32. The highest BCUT2D eigenvalue weighted by Gasteiger charge is 2.35. The number of hydrogen-bond acceptors (Lipinski definition) is 19. The number of halogens is 12. The number of hydrazine groups is 2. The predicted octanol–water partition coefficient (Wildman–Crippen LogP) is 14.9. The fraction of sp³-hybridized carbons (Fsp3) is 0.333. The van der Waals surface area contributed by atoms with Gasteiger partial charge in [0.05, 0.1) is 5.56 Å². The summed E-state index contributed by atoms with van der Waals surface area (Å²) < 4.78 is 164. The van der Waals surface area contributed by atoms with Crippen LogP contribution in [-0.4, -0.2) is 110 Å². The third-order valence-electron chi connectivity index (χ3n) is 15.2. The zero-order valence-electron chi connectivity index (χ0n) is 59.3. The molecule has 0 unspecified atom stereocenters. The van der Waals surface area contributed by atoms with Crippen LogP contribution in [0.5, 0.6) is 0 Å². The molecule has 0 saturated heterocycles. The third-order valence-corrected chi connectivity index (χ3v) is 16.2. The number of rotatable bonds is 20. The van der Waals surface area contributed by atoms with Gasteiger partial charge < -0.3 is 30.9 Å². The Morgan fingerprint density at radius 3 is 1.28 bits per heavy atom. The van der Waals surface area contributed by atoms with Crippen LogP contribution in [0.2, 0.25) is 0 Å². The molecule has 7 aromatic heterocycles. The van der Waals surface area contributed by atoms with Gasteiger partial charge in [0.25, 0.3) is 5.91 Å². The van der Waals surface area contributed by atoms with E-state index in [-0.39, 0.29) is 70.5 Å². The summed E-state index contributed by atoms with van der Waals surface area (Å²) in [7, 11) is 0. The lowest BCUT2D eigenvalue weighted by atomic mass is 10.0. The normalized spacial score (nSPS) is 12.2. The average Bonchev–Trinajstić information content (AvgIpc) is 1.41. The number of aryl methyl sites for hydroxylation is 1. The second kappa shape index (κ2) is 40.4. The molecule has 112 heavy (non-hydrogen) atoms. The average molecular weight is 1600 g/mol. The minimum absolute atomic E-state index is 0. The Balaban J connectivity index is 0.000000278. The van der Waals surface area contributed by atoms with Gasteiger partial charge in [-0.1, -0.05) is 68.7 Å². The van der Waals surface area contributed by atoms with Crippen molar-refractivity contribution >= 4 is 79.5 Å². The summed E-state index contributed by atoms with van der Waals surface area (Å²) in [5.41, 5.74) is 10.9. The molecule has 0 radical (unpaired) electrons. The summed E-state index contributed by atoms with van der Waals surface area (Å²) in [6.45, 7) is 10.1. The number of carbonyl (C=O) groups is 6. The van der Waals surface area contributed by atoms with E-state index in [1.165, 1.54) is 96.8 Å². The largest absolute Gasteiger partial charge is 0.478 e. The molecule has 0 spiro atoms. The van der Waals surface area contributed by atoms with E-state index in [1.54, 1.807) is 53.7 Å². The van der Waals surface area contributed by atoms with Crippen LogP contribution in [0.4, 0.5) is 62.3 Å². The molecule has 37 heteroatoms. The van der Waals surface area contributed by atoms with Crippen molar-refractivity contribution in [2.24, 2.45) is 11.6 Å². The van der Waals surface area contributed by atoms with Gasteiger partial charge in [-0.2, -0.15) is 52.7 Å². The van der Waals surface area contributed by atoms with Crippen LogP contribution in [0.25, 0.3) is 42.9 Å². The van der Waals surface area contributed by atoms with Crippen molar-refractivity contribution in [1.82, 2.24) is 67.0 Å². The van der Waals surface area contributed by atoms with Crippen molar-refractivity contribution in [3.05, 3.63) is 214 Å². The number of carboxylic acids is 1. The number of aromatic carboxylic acids is 1. The molecule has 3 atom stereocenters. The van der Waals surface area contributed by atoms with Gasteiger partial charge in [0.2, 0.25) is 29.7 Å². The molecular weight excluding hydrogens is 1510 g/mol. The van der Waals surface area contributed by atoms with Crippen LogP contribution < -0.4 is 38.5 Å². The maximum absolute atomic E-state index is 13.4. The van der Waals surface area contributed by atoms with Gasteiger partial charge in [-0.15, -0.1) is 10.2 Å². The topological polar surface area (TPSA) is 356 Å². The number of amides is 5. The van der Waals surface area contributed by atoms with E-state index < -0.39 is 113 Å². The van der Waals surface area contributed by atoms with E-state index in [2.05, 4.69) is 61.6 Å². The fourth-order valence-corrected chi connectivity index (χ4v) is 10.8. The van der Waals surface area contributed by atoms with Crippen LogP contribution in [-0.2, 0) is 63.3 Å². The SMILES string of the molecule is C.C.CC(C)(C)OC(=O)N[C@H](CCC(=O)NN)Cc1ccc(C(F)(F)F)nc1.CC(C)(C)OC(=O)N[C@H](CCC(=O)NNC(=O)c1ccc2cnc(F)cc2c1)Cc1ccc(C(F)(F)F)nc1.N[C@H](CCc1nnc(-c2ccc3cnc(F)cc3c2)s1)Cc1ccc(C(F)(F)F)nc1.O=C(O)c1ccc2cnc(F)cc2c1. The number of aromatic nitrogens is 8. The molecule has 3 aromatic carbocycles. The first-order chi connectivity index (χ1) is 51.5. The second-order valence-corrected chi connectivity index (χ2v) is 27.5. The molecule has 0 fully saturated rings. The molecule has 0 aliphatic carbocycles. The molecule has 0 bridgehead atoms.